The van der Waals surface area contributed by atoms with Gasteiger partial charge in [-0.05, 0) is 53.5 Å². The van der Waals surface area contributed by atoms with E-state index in [2.05, 4.69) is 4.98 Å². The monoisotopic (exact) mass is 367 g/mol. The number of nitrogens with zero attached hydrogens (tertiary/aromatic N) is 1. The van der Waals surface area contributed by atoms with E-state index in [1.54, 1.807) is 18.2 Å². The van der Waals surface area contributed by atoms with Crippen LogP contribution < -0.4 is 0 Å². The minimum atomic E-state index is -1.35. The number of carboxylic acids is 2. The summed E-state index contributed by atoms with van der Waals surface area (Å²) in [5.41, 5.74) is 1.57. The molecular formula is C20H14FNO5. The molecule has 0 saturated carbocycles. The van der Waals surface area contributed by atoms with Crippen LogP contribution in [0.5, 0.6) is 5.75 Å². The maximum Gasteiger partial charge on any atom is 0.339 e. The average Bonchev–Trinajstić information content (AvgIpc) is 2.62. The second kappa shape index (κ2) is 7.25. The van der Waals surface area contributed by atoms with Crippen LogP contribution in [0, 0.1) is 5.82 Å². The number of aromatic nitrogens is 1. The molecule has 27 heavy (non-hydrogen) atoms. The lowest BCUT2D eigenvalue weighted by molar-refractivity contribution is -0.131. The minimum Gasteiger partial charge on any atom is -0.505 e. The Kier molecular flexibility index (Phi) is 4.85. The van der Waals surface area contributed by atoms with Crippen molar-refractivity contribution < 1.29 is 29.3 Å². The first-order valence-electron chi connectivity index (χ1n) is 7.88. The first-order chi connectivity index (χ1) is 12.8. The van der Waals surface area contributed by atoms with Crippen molar-refractivity contribution in [2.24, 2.45) is 0 Å². The van der Waals surface area contributed by atoms with Crippen LogP contribution in [0.1, 0.15) is 27.0 Å². The Balaban J connectivity index is 2.14. The lowest BCUT2D eigenvalue weighted by atomic mass is 9.99. The molecule has 0 fully saturated rings. The molecule has 0 aliphatic rings. The molecule has 136 valence electrons. The Bertz CT molecular complexity index is 1070. The van der Waals surface area contributed by atoms with Crippen LogP contribution in [0.4, 0.5) is 4.39 Å². The fourth-order valence-corrected chi connectivity index (χ4v) is 2.74. The molecule has 0 aliphatic carbocycles. The number of carboxylic acid groups (broad SMARTS) is 2. The summed E-state index contributed by atoms with van der Waals surface area (Å²) in [6.07, 6.45) is 4.05. The van der Waals surface area contributed by atoms with Crippen LogP contribution in [0.3, 0.4) is 0 Å². The molecule has 3 rings (SSSR count). The van der Waals surface area contributed by atoms with Gasteiger partial charge in [0.1, 0.15) is 16.9 Å². The summed E-state index contributed by atoms with van der Waals surface area (Å²) in [7, 11) is 0. The zero-order valence-electron chi connectivity index (χ0n) is 13.9. The molecule has 2 aromatic carbocycles. The van der Waals surface area contributed by atoms with Crippen molar-refractivity contribution >= 4 is 28.9 Å². The molecule has 0 atom stereocenters. The summed E-state index contributed by atoms with van der Waals surface area (Å²) in [6.45, 7) is 0. The third-order valence-corrected chi connectivity index (χ3v) is 3.99. The summed E-state index contributed by atoms with van der Waals surface area (Å²) in [4.78, 5) is 26.3. The summed E-state index contributed by atoms with van der Waals surface area (Å²) >= 11 is 0. The van der Waals surface area contributed by atoms with E-state index in [1.165, 1.54) is 30.5 Å². The number of aliphatic carboxylic acids is 1. The molecule has 0 spiro atoms. The number of pyridine rings is 1. The molecule has 0 unspecified atom stereocenters. The highest BCUT2D eigenvalue weighted by Gasteiger charge is 2.17. The van der Waals surface area contributed by atoms with Gasteiger partial charge < -0.3 is 15.3 Å². The van der Waals surface area contributed by atoms with Gasteiger partial charge in [0.15, 0.2) is 5.75 Å². The van der Waals surface area contributed by atoms with E-state index in [4.69, 9.17) is 5.11 Å². The third-order valence-electron chi connectivity index (χ3n) is 3.99. The van der Waals surface area contributed by atoms with Crippen molar-refractivity contribution in [2.75, 3.05) is 0 Å². The number of halogens is 1. The van der Waals surface area contributed by atoms with Gasteiger partial charge in [0.2, 0.25) is 0 Å². The molecule has 0 amide bonds. The SMILES string of the molecule is O=C(O)/C=C/c1cc(C(=O)O)c(O)c2ncc(Cc3ccc(F)cc3)cc12. The number of aromatic carboxylic acids is 1. The quantitative estimate of drug-likeness (QED) is 0.596. The molecule has 3 N–H and O–H groups in total. The first kappa shape index (κ1) is 18.1. The second-order valence-electron chi connectivity index (χ2n) is 5.88. The molecule has 1 aromatic heterocycles. The molecule has 0 bridgehead atoms. The summed E-state index contributed by atoms with van der Waals surface area (Å²) < 4.78 is 13.0. The lowest BCUT2D eigenvalue weighted by Crippen LogP contribution is -2.00. The van der Waals surface area contributed by atoms with E-state index >= 15 is 0 Å². The van der Waals surface area contributed by atoms with E-state index in [9.17, 15) is 24.2 Å². The summed E-state index contributed by atoms with van der Waals surface area (Å²) in [5.74, 6) is -3.37. The summed E-state index contributed by atoms with van der Waals surface area (Å²) in [6, 6.07) is 8.85. The molecule has 7 heteroatoms. The lowest BCUT2D eigenvalue weighted by Gasteiger charge is -2.10. The van der Waals surface area contributed by atoms with Crippen molar-refractivity contribution in [3.63, 3.8) is 0 Å². The second-order valence-corrected chi connectivity index (χ2v) is 5.88. The van der Waals surface area contributed by atoms with Crippen molar-refractivity contribution in [3.05, 3.63) is 76.7 Å². The number of hydrogen-bond donors (Lipinski definition) is 3. The molecular weight excluding hydrogens is 353 g/mol. The Morgan fingerprint density at radius 3 is 2.41 bits per heavy atom. The van der Waals surface area contributed by atoms with Crippen molar-refractivity contribution in [3.8, 4) is 5.75 Å². The highest BCUT2D eigenvalue weighted by Crippen LogP contribution is 2.32. The van der Waals surface area contributed by atoms with Crippen molar-refractivity contribution in [1.29, 1.82) is 0 Å². The topological polar surface area (TPSA) is 108 Å². The van der Waals surface area contributed by atoms with Crippen LogP contribution in [-0.4, -0.2) is 32.2 Å². The Hall–Kier alpha value is -3.74. The van der Waals surface area contributed by atoms with Crippen LogP contribution in [0.25, 0.3) is 17.0 Å². The van der Waals surface area contributed by atoms with Gasteiger partial charge in [-0.25, -0.2) is 14.0 Å². The van der Waals surface area contributed by atoms with Gasteiger partial charge in [-0.2, -0.15) is 0 Å². The zero-order chi connectivity index (χ0) is 19.6. The highest BCUT2D eigenvalue weighted by atomic mass is 19.1. The molecule has 1 heterocycles. The van der Waals surface area contributed by atoms with Gasteiger partial charge in [0.05, 0.1) is 0 Å². The van der Waals surface area contributed by atoms with Crippen LogP contribution in [0.2, 0.25) is 0 Å². The normalized spacial score (nSPS) is 11.1. The van der Waals surface area contributed by atoms with E-state index in [0.717, 1.165) is 17.2 Å². The van der Waals surface area contributed by atoms with Gasteiger partial charge in [0, 0.05) is 17.7 Å². The standard InChI is InChI=1S/C20H14FNO5/c21-14-4-1-11(2-5-14)7-12-8-15-13(3-6-17(23)24)9-16(20(26)27)19(25)18(15)22-10-12/h1-6,8-10,25H,7H2,(H,23,24)(H,26,27)/b6-3+. The zero-order valence-corrected chi connectivity index (χ0v) is 13.9. The van der Waals surface area contributed by atoms with Gasteiger partial charge in [-0.3, -0.25) is 4.98 Å². The molecule has 0 radical (unpaired) electrons. The van der Waals surface area contributed by atoms with Crippen LogP contribution in [0.15, 0.2) is 48.7 Å². The fourth-order valence-electron chi connectivity index (χ4n) is 2.74. The molecule has 6 nitrogen and oxygen atoms in total. The largest absolute Gasteiger partial charge is 0.505 e. The number of carbonyl (C=O) groups is 2. The highest BCUT2D eigenvalue weighted by molar-refractivity contribution is 6.03. The third kappa shape index (κ3) is 3.92. The van der Waals surface area contributed by atoms with E-state index in [1.807, 2.05) is 0 Å². The van der Waals surface area contributed by atoms with E-state index < -0.39 is 17.7 Å². The van der Waals surface area contributed by atoms with Crippen LogP contribution in [-0.2, 0) is 11.2 Å². The van der Waals surface area contributed by atoms with Crippen molar-refractivity contribution in [2.45, 2.75) is 6.42 Å². The predicted molar refractivity (Wildman–Crippen MR) is 96.2 cm³/mol. The van der Waals surface area contributed by atoms with Gasteiger partial charge in [-0.15, -0.1) is 0 Å². The minimum absolute atomic E-state index is 0.0581. The smallest absolute Gasteiger partial charge is 0.339 e. The van der Waals surface area contributed by atoms with Gasteiger partial charge in [-0.1, -0.05) is 12.1 Å². The fraction of sp³-hybridized carbons (Fsp3) is 0.0500. The number of benzene rings is 2. The maximum absolute atomic E-state index is 13.0. The number of rotatable bonds is 5. The Morgan fingerprint density at radius 1 is 1.07 bits per heavy atom. The van der Waals surface area contributed by atoms with Gasteiger partial charge >= 0.3 is 11.9 Å². The average molecular weight is 367 g/mol. The van der Waals surface area contributed by atoms with Crippen molar-refractivity contribution in [1.82, 2.24) is 4.98 Å². The van der Waals surface area contributed by atoms with E-state index in [-0.39, 0.29) is 16.9 Å². The summed E-state index contributed by atoms with van der Waals surface area (Å²) in [5, 5.41) is 28.7. The van der Waals surface area contributed by atoms with Crippen LogP contribution >= 0.6 is 0 Å². The molecule has 3 aromatic rings. The van der Waals surface area contributed by atoms with E-state index in [0.29, 0.717) is 17.4 Å². The maximum atomic E-state index is 13.0. The number of fused-ring (bicyclic) bond motifs is 1. The predicted octanol–water partition coefficient (Wildman–Crippen LogP) is 3.47. The molecule has 0 aliphatic heterocycles. The number of hydrogen-bond acceptors (Lipinski definition) is 4. The number of phenols is 1. The first-order valence-corrected chi connectivity index (χ1v) is 7.88. The Morgan fingerprint density at radius 2 is 1.78 bits per heavy atom. The number of aromatic hydroxyl groups is 1. The molecule has 0 saturated heterocycles. The Labute approximate surface area is 152 Å². The van der Waals surface area contributed by atoms with Gasteiger partial charge in [0.25, 0.3) is 0 Å².